The highest BCUT2D eigenvalue weighted by atomic mass is 16.5. The first-order chi connectivity index (χ1) is 11.7. The fourth-order valence-electron chi connectivity index (χ4n) is 3.05. The molecule has 2 aromatic heterocycles. The Morgan fingerprint density at radius 1 is 1.00 bits per heavy atom. The molecule has 6 nitrogen and oxygen atoms in total. The normalized spacial score (nSPS) is 11.1. The van der Waals surface area contributed by atoms with Gasteiger partial charge in [0.05, 0.1) is 37.0 Å². The summed E-state index contributed by atoms with van der Waals surface area (Å²) in [5.74, 6) is 1.35. The largest absolute Gasteiger partial charge is 0.493 e. The number of fused-ring (bicyclic) bond motifs is 3. The first-order valence-electron chi connectivity index (χ1n) is 7.55. The molecule has 4 rings (SSSR count). The Morgan fingerprint density at radius 2 is 1.79 bits per heavy atom. The lowest BCUT2D eigenvalue weighted by molar-refractivity contribution is 0.354. The van der Waals surface area contributed by atoms with E-state index in [-0.39, 0.29) is 0 Å². The molecule has 0 saturated heterocycles. The van der Waals surface area contributed by atoms with Gasteiger partial charge in [-0.15, -0.1) is 10.2 Å². The van der Waals surface area contributed by atoms with Crippen LogP contribution in [0.4, 0.5) is 0 Å². The van der Waals surface area contributed by atoms with E-state index in [0.29, 0.717) is 17.1 Å². The molecule has 0 aliphatic heterocycles. The molecule has 24 heavy (non-hydrogen) atoms. The third-order valence-corrected chi connectivity index (χ3v) is 4.15. The van der Waals surface area contributed by atoms with Gasteiger partial charge in [-0.05, 0) is 19.1 Å². The van der Waals surface area contributed by atoms with Gasteiger partial charge >= 0.3 is 0 Å². The van der Waals surface area contributed by atoms with E-state index in [2.05, 4.69) is 15.3 Å². The van der Waals surface area contributed by atoms with Gasteiger partial charge in [0.25, 0.3) is 0 Å². The number of hydrogen-bond acceptors (Lipinski definition) is 5. The zero-order chi connectivity index (χ0) is 16.7. The summed E-state index contributed by atoms with van der Waals surface area (Å²) in [5, 5.41) is 15.1. The smallest absolute Gasteiger partial charge is 0.185 e. The highest BCUT2D eigenvalue weighted by Gasteiger charge is 2.18. The minimum Gasteiger partial charge on any atom is -0.493 e. The number of hydrogen-bond donors (Lipinski definition) is 0. The number of methoxy groups -OCH3 is 2. The summed E-state index contributed by atoms with van der Waals surface area (Å²) in [6.07, 6.45) is 1.82. The van der Waals surface area contributed by atoms with Gasteiger partial charge in [-0.25, -0.2) is 4.68 Å². The number of aryl methyl sites for hydroxylation is 1. The predicted octanol–water partition coefficient (Wildman–Crippen LogP) is 3.29. The van der Waals surface area contributed by atoms with E-state index in [9.17, 15) is 0 Å². The number of ether oxygens (including phenoxy) is 2. The van der Waals surface area contributed by atoms with E-state index in [1.165, 1.54) is 0 Å². The number of benzene rings is 2. The Labute approximate surface area is 138 Å². The third kappa shape index (κ3) is 2.00. The lowest BCUT2D eigenvalue weighted by Crippen LogP contribution is -2.00. The van der Waals surface area contributed by atoms with E-state index >= 15 is 0 Å². The molecular weight excluding hydrogens is 304 g/mol. The van der Waals surface area contributed by atoms with Crippen LogP contribution in [0.15, 0.2) is 42.6 Å². The van der Waals surface area contributed by atoms with Crippen LogP contribution < -0.4 is 9.47 Å². The molecule has 6 heteroatoms. The molecule has 0 radical (unpaired) electrons. The van der Waals surface area contributed by atoms with Crippen LogP contribution in [0.25, 0.3) is 27.6 Å². The summed E-state index contributed by atoms with van der Waals surface area (Å²) in [7, 11) is 3.25. The Morgan fingerprint density at radius 3 is 2.50 bits per heavy atom. The predicted molar refractivity (Wildman–Crippen MR) is 92.0 cm³/mol. The van der Waals surface area contributed by atoms with Gasteiger partial charge in [0.1, 0.15) is 0 Å². The second-order valence-corrected chi connectivity index (χ2v) is 5.46. The Hall–Kier alpha value is -3.15. The van der Waals surface area contributed by atoms with Crippen LogP contribution in [0, 0.1) is 6.92 Å². The quantitative estimate of drug-likeness (QED) is 0.579. The second-order valence-electron chi connectivity index (χ2n) is 5.46. The minimum atomic E-state index is 0.645. The van der Waals surface area contributed by atoms with Crippen molar-refractivity contribution in [3.05, 3.63) is 48.2 Å². The van der Waals surface area contributed by atoms with Crippen molar-refractivity contribution in [2.24, 2.45) is 0 Å². The van der Waals surface area contributed by atoms with Gasteiger partial charge in [-0.2, -0.15) is 5.10 Å². The summed E-state index contributed by atoms with van der Waals surface area (Å²) in [4.78, 5) is 0. The molecule has 0 aliphatic rings. The SMILES string of the molecule is COc1cc2nnc3c(cnn3-c3ccccc3)c2c(C)c1OC. The van der Waals surface area contributed by atoms with Crippen molar-refractivity contribution < 1.29 is 9.47 Å². The highest BCUT2D eigenvalue weighted by molar-refractivity contribution is 6.06. The van der Waals surface area contributed by atoms with Crippen LogP contribution in [0.2, 0.25) is 0 Å². The first-order valence-corrected chi connectivity index (χ1v) is 7.55. The molecule has 4 aromatic rings. The van der Waals surface area contributed by atoms with Crippen LogP contribution in [0.1, 0.15) is 5.56 Å². The Balaban J connectivity index is 2.07. The van der Waals surface area contributed by atoms with Crippen molar-refractivity contribution >= 4 is 21.9 Å². The number of nitrogens with zero attached hydrogens (tertiary/aromatic N) is 4. The molecule has 0 unspecified atom stereocenters. The first kappa shape index (κ1) is 14.4. The zero-order valence-electron chi connectivity index (χ0n) is 13.6. The van der Waals surface area contributed by atoms with E-state index in [1.807, 2.05) is 49.5 Å². The van der Waals surface area contributed by atoms with Crippen molar-refractivity contribution in [2.45, 2.75) is 6.92 Å². The van der Waals surface area contributed by atoms with E-state index in [1.54, 1.807) is 18.9 Å². The average molecular weight is 320 g/mol. The van der Waals surface area contributed by atoms with Gasteiger partial charge < -0.3 is 9.47 Å². The van der Waals surface area contributed by atoms with Crippen LogP contribution in [-0.4, -0.2) is 34.2 Å². The van der Waals surface area contributed by atoms with Crippen LogP contribution >= 0.6 is 0 Å². The van der Waals surface area contributed by atoms with Crippen molar-refractivity contribution in [3.8, 4) is 17.2 Å². The molecule has 2 heterocycles. The minimum absolute atomic E-state index is 0.645. The van der Waals surface area contributed by atoms with Crippen molar-refractivity contribution in [3.63, 3.8) is 0 Å². The van der Waals surface area contributed by atoms with Gasteiger partial charge in [0.2, 0.25) is 0 Å². The maximum absolute atomic E-state index is 5.52. The monoisotopic (exact) mass is 320 g/mol. The fourth-order valence-corrected chi connectivity index (χ4v) is 3.05. The summed E-state index contributed by atoms with van der Waals surface area (Å²) < 4.78 is 12.7. The van der Waals surface area contributed by atoms with E-state index in [0.717, 1.165) is 27.5 Å². The molecule has 0 atom stereocenters. The van der Waals surface area contributed by atoms with Gasteiger partial charge in [-0.1, -0.05) is 18.2 Å². The molecule has 0 aliphatic carbocycles. The van der Waals surface area contributed by atoms with Crippen molar-refractivity contribution in [1.82, 2.24) is 20.0 Å². The van der Waals surface area contributed by atoms with Crippen LogP contribution in [0.3, 0.4) is 0 Å². The van der Waals surface area contributed by atoms with Crippen molar-refractivity contribution in [2.75, 3.05) is 14.2 Å². The van der Waals surface area contributed by atoms with Gasteiger partial charge in [0, 0.05) is 17.0 Å². The summed E-state index contributed by atoms with van der Waals surface area (Å²) >= 11 is 0. The average Bonchev–Trinajstić information content (AvgIpc) is 3.06. The standard InChI is InChI=1S/C18H16N4O2/c1-11-16-13-10-19-22(12-7-5-4-6-8-12)18(13)21-20-14(16)9-15(23-2)17(11)24-3/h4-10H,1-3H3. The second kappa shape index (κ2) is 5.49. The van der Waals surface area contributed by atoms with Crippen molar-refractivity contribution in [1.29, 1.82) is 0 Å². The highest BCUT2D eigenvalue weighted by Crippen LogP contribution is 2.38. The van der Waals surface area contributed by atoms with Crippen LogP contribution in [-0.2, 0) is 0 Å². The molecule has 0 saturated carbocycles. The third-order valence-electron chi connectivity index (χ3n) is 4.15. The Bertz CT molecular complexity index is 1040. The zero-order valence-corrected chi connectivity index (χ0v) is 13.6. The molecule has 0 spiro atoms. The van der Waals surface area contributed by atoms with Gasteiger partial charge in [0.15, 0.2) is 17.1 Å². The van der Waals surface area contributed by atoms with Gasteiger partial charge in [-0.3, -0.25) is 0 Å². The molecule has 120 valence electrons. The fraction of sp³-hybridized carbons (Fsp3) is 0.167. The summed E-state index contributed by atoms with van der Waals surface area (Å²) in [5.41, 5.74) is 3.37. The maximum atomic E-state index is 5.52. The molecule has 0 fully saturated rings. The topological polar surface area (TPSA) is 62.1 Å². The molecule has 0 amide bonds. The van der Waals surface area contributed by atoms with Crippen LogP contribution in [0.5, 0.6) is 11.5 Å². The number of rotatable bonds is 3. The molecule has 2 aromatic carbocycles. The van der Waals surface area contributed by atoms with E-state index < -0.39 is 0 Å². The number of para-hydroxylation sites is 1. The molecule has 0 bridgehead atoms. The number of aromatic nitrogens is 4. The lowest BCUT2D eigenvalue weighted by atomic mass is 10.1. The van der Waals surface area contributed by atoms with E-state index in [4.69, 9.17) is 9.47 Å². The Kier molecular flexibility index (Phi) is 3.30. The summed E-state index contributed by atoms with van der Waals surface area (Å²) in [6, 6.07) is 11.7. The molecular formula is C18H16N4O2. The maximum Gasteiger partial charge on any atom is 0.185 e. The lowest BCUT2D eigenvalue weighted by Gasteiger charge is -2.13. The summed E-state index contributed by atoms with van der Waals surface area (Å²) in [6.45, 7) is 1.99. The molecule has 0 N–H and O–H groups in total.